The summed E-state index contributed by atoms with van der Waals surface area (Å²) in [5.74, 6) is -0.676. The van der Waals surface area contributed by atoms with Crippen molar-refractivity contribution in [2.45, 2.75) is 69.0 Å². The summed E-state index contributed by atoms with van der Waals surface area (Å²) in [6, 6.07) is 8.37. The maximum Gasteiger partial charge on any atom is 0.416 e. The predicted octanol–water partition coefficient (Wildman–Crippen LogP) is 5.66. The number of aryl methyl sites for hydroxylation is 1. The van der Waals surface area contributed by atoms with Crippen molar-refractivity contribution in [3.8, 4) is 0 Å². The van der Waals surface area contributed by atoms with Crippen LogP contribution in [-0.4, -0.2) is 20.4 Å². The number of sulfonamides is 1. The number of rotatable bonds is 5. The van der Waals surface area contributed by atoms with Gasteiger partial charge in [-0.15, -0.1) is 0 Å². The normalized spacial score (nSPS) is 16.2. The molecule has 0 saturated heterocycles. The van der Waals surface area contributed by atoms with Crippen molar-refractivity contribution >= 4 is 21.6 Å². The molecule has 0 unspecified atom stereocenters. The Hall–Kier alpha value is -2.39. The van der Waals surface area contributed by atoms with Gasteiger partial charge < -0.3 is 5.32 Å². The lowest BCUT2D eigenvalue weighted by atomic mass is 9.97. The first-order valence-electron chi connectivity index (χ1n) is 10.7. The molecule has 0 spiro atoms. The van der Waals surface area contributed by atoms with Crippen LogP contribution in [0.4, 0.5) is 18.9 Å². The van der Waals surface area contributed by atoms with Crippen LogP contribution < -0.4 is 10.0 Å². The molecule has 5 nitrogen and oxygen atoms in total. The Balaban J connectivity index is 1.79. The Morgan fingerprint density at radius 2 is 1.62 bits per heavy atom. The lowest BCUT2D eigenvalue weighted by Gasteiger charge is -2.21. The molecule has 0 radical (unpaired) electrons. The number of alkyl halides is 3. The molecule has 0 aliphatic heterocycles. The zero-order valence-corrected chi connectivity index (χ0v) is 18.7. The quantitative estimate of drug-likeness (QED) is 0.595. The summed E-state index contributed by atoms with van der Waals surface area (Å²) < 4.78 is 67.4. The van der Waals surface area contributed by atoms with Crippen molar-refractivity contribution in [2.24, 2.45) is 0 Å². The standard InChI is InChI=1S/C23H27F3N2O3S/c1-16-12-13-20(32(30,31)28-18-9-5-3-2-4-6-10-18)15-21(16)22(29)27-19-11-7-8-17(14-19)23(24,25)26/h7-8,11-15,18,28H,2-6,9-10H2,1H3,(H,27,29). The molecule has 1 aliphatic rings. The fraction of sp³-hybridized carbons (Fsp3) is 0.435. The van der Waals surface area contributed by atoms with E-state index in [-0.39, 0.29) is 22.2 Å². The number of halogens is 3. The summed E-state index contributed by atoms with van der Waals surface area (Å²) >= 11 is 0. The van der Waals surface area contributed by atoms with Crippen molar-refractivity contribution in [1.29, 1.82) is 0 Å². The van der Waals surface area contributed by atoms with Crippen LogP contribution in [0.3, 0.4) is 0 Å². The van der Waals surface area contributed by atoms with Crippen LogP contribution in [0.5, 0.6) is 0 Å². The minimum Gasteiger partial charge on any atom is -0.322 e. The molecule has 1 fully saturated rings. The number of amides is 1. The van der Waals surface area contributed by atoms with E-state index in [9.17, 15) is 26.4 Å². The average Bonchev–Trinajstić information content (AvgIpc) is 2.69. The highest BCUT2D eigenvalue weighted by molar-refractivity contribution is 7.89. The summed E-state index contributed by atoms with van der Waals surface area (Å²) in [6.07, 6.45) is 2.28. The van der Waals surface area contributed by atoms with Gasteiger partial charge in [0, 0.05) is 17.3 Å². The van der Waals surface area contributed by atoms with E-state index >= 15 is 0 Å². The third-order valence-electron chi connectivity index (χ3n) is 5.64. The van der Waals surface area contributed by atoms with E-state index in [0.29, 0.717) is 5.56 Å². The van der Waals surface area contributed by atoms with Crippen molar-refractivity contribution in [2.75, 3.05) is 5.32 Å². The minimum atomic E-state index is -4.53. The first-order chi connectivity index (χ1) is 15.1. The fourth-order valence-corrected chi connectivity index (χ4v) is 5.18. The monoisotopic (exact) mass is 468 g/mol. The van der Waals surface area contributed by atoms with Crippen LogP contribution >= 0.6 is 0 Å². The fourth-order valence-electron chi connectivity index (χ4n) is 3.85. The maximum atomic E-state index is 12.9. The Labute approximate surface area is 186 Å². The maximum absolute atomic E-state index is 12.9. The molecule has 2 N–H and O–H groups in total. The number of hydrogen-bond donors (Lipinski definition) is 2. The summed E-state index contributed by atoms with van der Waals surface area (Å²) in [5.41, 5.74) is -0.306. The van der Waals surface area contributed by atoms with Gasteiger partial charge in [0.1, 0.15) is 0 Å². The van der Waals surface area contributed by atoms with E-state index in [1.807, 2.05) is 0 Å². The molecule has 32 heavy (non-hydrogen) atoms. The smallest absolute Gasteiger partial charge is 0.322 e. The SMILES string of the molecule is Cc1ccc(S(=O)(=O)NC2CCCCCCC2)cc1C(=O)Nc1cccc(C(F)(F)F)c1. The van der Waals surface area contributed by atoms with Gasteiger partial charge in [-0.2, -0.15) is 13.2 Å². The van der Waals surface area contributed by atoms with Crippen LogP contribution in [-0.2, 0) is 16.2 Å². The van der Waals surface area contributed by atoms with Gasteiger partial charge >= 0.3 is 6.18 Å². The summed E-state index contributed by atoms with van der Waals surface area (Å²) in [4.78, 5) is 12.7. The van der Waals surface area contributed by atoms with E-state index in [0.717, 1.165) is 50.7 Å². The Morgan fingerprint density at radius 1 is 0.969 bits per heavy atom. The van der Waals surface area contributed by atoms with Crippen molar-refractivity contribution in [1.82, 2.24) is 4.72 Å². The summed E-state index contributed by atoms with van der Waals surface area (Å²) in [5, 5.41) is 2.43. The topological polar surface area (TPSA) is 75.3 Å². The molecule has 1 saturated carbocycles. The lowest BCUT2D eigenvalue weighted by molar-refractivity contribution is -0.137. The predicted molar refractivity (Wildman–Crippen MR) is 117 cm³/mol. The van der Waals surface area contributed by atoms with Crippen molar-refractivity contribution in [3.05, 3.63) is 59.2 Å². The first-order valence-corrected chi connectivity index (χ1v) is 12.2. The molecule has 0 heterocycles. The van der Waals surface area contributed by atoms with Gasteiger partial charge in [0.05, 0.1) is 10.5 Å². The number of benzene rings is 2. The molecule has 1 amide bonds. The zero-order valence-electron chi connectivity index (χ0n) is 17.8. The van der Waals surface area contributed by atoms with Crippen LogP contribution in [0.15, 0.2) is 47.4 Å². The highest BCUT2D eigenvalue weighted by Crippen LogP contribution is 2.31. The van der Waals surface area contributed by atoms with Crippen LogP contribution in [0.25, 0.3) is 0 Å². The minimum absolute atomic E-state index is 0.0230. The van der Waals surface area contributed by atoms with Crippen LogP contribution in [0.2, 0.25) is 0 Å². The molecule has 0 aromatic heterocycles. The molecule has 3 rings (SSSR count). The van der Waals surface area contributed by atoms with Crippen LogP contribution in [0, 0.1) is 6.92 Å². The molecule has 9 heteroatoms. The number of anilines is 1. The van der Waals surface area contributed by atoms with Gasteiger partial charge in [0.2, 0.25) is 10.0 Å². The van der Waals surface area contributed by atoms with E-state index in [1.165, 1.54) is 36.8 Å². The molecule has 2 aromatic rings. The second kappa shape index (κ2) is 10.0. The first kappa shape index (κ1) is 24.3. The zero-order chi connectivity index (χ0) is 23.4. The Kier molecular flexibility index (Phi) is 7.61. The van der Waals surface area contributed by atoms with E-state index in [1.54, 1.807) is 6.92 Å². The van der Waals surface area contributed by atoms with E-state index in [4.69, 9.17) is 0 Å². The third kappa shape index (κ3) is 6.32. The molecule has 174 valence electrons. The Morgan fingerprint density at radius 3 is 2.28 bits per heavy atom. The van der Waals surface area contributed by atoms with Crippen molar-refractivity contribution in [3.63, 3.8) is 0 Å². The Bertz CT molecular complexity index is 1060. The molecular weight excluding hydrogens is 441 g/mol. The molecule has 0 bridgehead atoms. The van der Waals surface area contributed by atoms with Crippen molar-refractivity contribution < 1.29 is 26.4 Å². The lowest BCUT2D eigenvalue weighted by Crippen LogP contribution is -2.35. The highest BCUT2D eigenvalue weighted by atomic mass is 32.2. The molecule has 0 atom stereocenters. The van der Waals surface area contributed by atoms with Gasteiger partial charge in [-0.05, 0) is 55.7 Å². The third-order valence-corrected chi connectivity index (χ3v) is 7.16. The second-order valence-corrected chi connectivity index (χ2v) is 9.89. The number of carbonyl (C=O) groups excluding carboxylic acids is 1. The van der Waals surface area contributed by atoms with E-state index in [2.05, 4.69) is 10.0 Å². The number of hydrogen-bond acceptors (Lipinski definition) is 3. The molecule has 2 aromatic carbocycles. The van der Waals surface area contributed by atoms with Gasteiger partial charge in [-0.25, -0.2) is 13.1 Å². The highest BCUT2D eigenvalue weighted by Gasteiger charge is 2.30. The molecule has 1 aliphatic carbocycles. The largest absolute Gasteiger partial charge is 0.416 e. The summed E-state index contributed by atoms with van der Waals surface area (Å²) in [6.45, 7) is 1.64. The number of carbonyl (C=O) groups is 1. The summed E-state index contributed by atoms with van der Waals surface area (Å²) in [7, 11) is -3.84. The van der Waals surface area contributed by atoms with Gasteiger partial charge in [-0.3, -0.25) is 4.79 Å². The second-order valence-electron chi connectivity index (χ2n) is 8.17. The van der Waals surface area contributed by atoms with Gasteiger partial charge in [0.25, 0.3) is 5.91 Å². The van der Waals surface area contributed by atoms with E-state index < -0.39 is 27.7 Å². The van der Waals surface area contributed by atoms with Gasteiger partial charge in [-0.1, -0.05) is 44.2 Å². The average molecular weight is 469 g/mol. The van der Waals surface area contributed by atoms with Crippen LogP contribution in [0.1, 0.15) is 66.4 Å². The number of nitrogens with one attached hydrogen (secondary N) is 2. The van der Waals surface area contributed by atoms with Gasteiger partial charge in [0.15, 0.2) is 0 Å². The molecular formula is C23H27F3N2O3S.